The van der Waals surface area contributed by atoms with E-state index in [-0.39, 0.29) is 5.22 Å². The SMILES string of the molecule is O=S([O-])c1nc2ccccc2o1. The molecule has 0 aliphatic rings. The van der Waals surface area contributed by atoms with Crippen LogP contribution in [0.5, 0.6) is 0 Å². The molecule has 1 unspecified atom stereocenters. The molecular formula is C7H4NO3S-. The number of fused-ring (bicyclic) bond motifs is 1. The van der Waals surface area contributed by atoms with Crippen LogP contribution in [-0.2, 0) is 11.1 Å². The van der Waals surface area contributed by atoms with E-state index in [1.165, 1.54) is 0 Å². The van der Waals surface area contributed by atoms with E-state index in [0.29, 0.717) is 11.1 Å². The van der Waals surface area contributed by atoms with Crippen molar-refractivity contribution in [2.75, 3.05) is 0 Å². The Labute approximate surface area is 70.5 Å². The van der Waals surface area contributed by atoms with Crippen LogP contribution in [0.4, 0.5) is 0 Å². The minimum atomic E-state index is -2.39. The molecule has 0 saturated carbocycles. The third-order valence-corrected chi connectivity index (χ3v) is 1.88. The van der Waals surface area contributed by atoms with E-state index in [4.69, 9.17) is 4.42 Å². The Kier molecular flexibility index (Phi) is 1.67. The van der Waals surface area contributed by atoms with Gasteiger partial charge in [-0.25, -0.2) is 4.98 Å². The molecule has 2 rings (SSSR count). The summed E-state index contributed by atoms with van der Waals surface area (Å²) >= 11 is -2.39. The minimum Gasteiger partial charge on any atom is -0.765 e. The Morgan fingerprint density at radius 3 is 2.83 bits per heavy atom. The summed E-state index contributed by atoms with van der Waals surface area (Å²) in [5, 5.41) is -0.267. The van der Waals surface area contributed by atoms with Gasteiger partial charge in [0.2, 0.25) is 0 Å². The molecule has 62 valence electrons. The average Bonchev–Trinajstić information content (AvgIpc) is 2.46. The van der Waals surface area contributed by atoms with Crippen molar-refractivity contribution in [3.05, 3.63) is 24.3 Å². The maximum Gasteiger partial charge on any atom is 0.274 e. The molecule has 1 aromatic heterocycles. The highest BCUT2D eigenvalue weighted by Crippen LogP contribution is 2.15. The molecular weight excluding hydrogens is 178 g/mol. The lowest BCUT2D eigenvalue weighted by molar-refractivity contribution is 0.439. The highest BCUT2D eigenvalue weighted by Gasteiger charge is 2.03. The van der Waals surface area contributed by atoms with Gasteiger partial charge in [0, 0.05) is 11.1 Å². The summed E-state index contributed by atoms with van der Waals surface area (Å²) in [6, 6.07) is 6.88. The molecule has 0 saturated heterocycles. The van der Waals surface area contributed by atoms with Crippen molar-refractivity contribution in [3.8, 4) is 0 Å². The molecule has 0 aliphatic carbocycles. The summed E-state index contributed by atoms with van der Waals surface area (Å²) in [4.78, 5) is 3.73. The van der Waals surface area contributed by atoms with Crippen LogP contribution in [-0.4, -0.2) is 13.7 Å². The van der Waals surface area contributed by atoms with Crippen LogP contribution >= 0.6 is 0 Å². The Balaban J connectivity index is 2.70. The van der Waals surface area contributed by atoms with Crippen LogP contribution in [0.25, 0.3) is 11.1 Å². The summed E-state index contributed by atoms with van der Waals surface area (Å²) in [7, 11) is 0. The van der Waals surface area contributed by atoms with Crippen molar-refractivity contribution in [1.29, 1.82) is 0 Å². The number of hydrogen-bond donors (Lipinski definition) is 0. The number of nitrogens with zero attached hydrogens (tertiary/aromatic N) is 1. The van der Waals surface area contributed by atoms with Crippen molar-refractivity contribution >= 4 is 22.2 Å². The van der Waals surface area contributed by atoms with E-state index in [1.54, 1.807) is 24.3 Å². The molecule has 4 nitrogen and oxygen atoms in total. The number of rotatable bonds is 1. The van der Waals surface area contributed by atoms with E-state index in [1.807, 2.05) is 0 Å². The van der Waals surface area contributed by atoms with Gasteiger partial charge >= 0.3 is 0 Å². The number of para-hydroxylation sites is 2. The second-order valence-electron chi connectivity index (χ2n) is 2.18. The molecule has 0 bridgehead atoms. The molecule has 1 heterocycles. The second kappa shape index (κ2) is 2.69. The largest absolute Gasteiger partial charge is 0.765 e. The summed E-state index contributed by atoms with van der Waals surface area (Å²) in [6.45, 7) is 0. The van der Waals surface area contributed by atoms with E-state index in [9.17, 15) is 8.76 Å². The van der Waals surface area contributed by atoms with Gasteiger partial charge in [-0.2, -0.15) is 0 Å². The van der Waals surface area contributed by atoms with Gasteiger partial charge in [0.15, 0.2) is 5.58 Å². The van der Waals surface area contributed by atoms with Gasteiger partial charge in [0.25, 0.3) is 5.22 Å². The lowest BCUT2D eigenvalue weighted by Crippen LogP contribution is -1.86. The van der Waals surface area contributed by atoms with Crippen LogP contribution in [0.1, 0.15) is 0 Å². The summed E-state index contributed by atoms with van der Waals surface area (Å²) in [5.41, 5.74) is 1.04. The molecule has 0 fully saturated rings. The Morgan fingerprint density at radius 2 is 2.17 bits per heavy atom. The quantitative estimate of drug-likeness (QED) is 0.618. The lowest BCUT2D eigenvalue weighted by Gasteiger charge is -1.94. The third kappa shape index (κ3) is 1.13. The van der Waals surface area contributed by atoms with Gasteiger partial charge in [0.1, 0.15) is 5.52 Å². The molecule has 0 spiro atoms. The number of aromatic nitrogens is 1. The fraction of sp³-hybridized carbons (Fsp3) is 0. The monoisotopic (exact) mass is 182 g/mol. The van der Waals surface area contributed by atoms with Crippen molar-refractivity contribution in [1.82, 2.24) is 4.98 Å². The molecule has 1 aromatic carbocycles. The van der Waals surface area contributed by atoms with E-state index < -0.39 is 11.1 Å². The zero-order valence-electron chi connectivity index (χ0n) is 5.89. The summed E-state index contributed by atoms with van der Waals surface area (Å²) in [5.74, 6) is 0. The lowest BCUT2D eigenvalue weighted by atomic mass is 10.3. The Bertz CT molecular complexity index is 404. The Hall–Kier alpha value is -1.20. The molecule has 1 atom stereocenters. The van der Waals surface area contributed by atoms with Crippen LogP contribution in [0.3, 0.4) is 0 Å². The predicted octanol–water partition coefficient (Wildman–Crippen LogP) is 1.07. The number of hydrogen-bond acceptors (Lipinski definition) is 4. The summed E-state index contributed by atoms with van der Waals surface area (Å²) in [6.07, 6.45) is 0. The first-order chi connectivity index (χ1) is 5.77. The fourth-order valence-corrected chi connectivity index (χ4v) is 1.25. The van der Waals surface area contributed by atoms with Crippen molar-refractivity contribution in [2.24, 2.45) is 0 Å². The van der Waals surface area contributed by atoms with Gasteiger partial charge in [0.05, 0.1) is 0 Å². The van der Waals surface area contributed by atoms with Gasteiger partial charge < -0.3 is 8.97 Å². The molecule has 12 heavy (non-hydrogen) atoms. The van der Waals surface area contributed by atoms with Gasteiger partial charge in [-0.05, 0) is 12.1 Å². The van der Waals surface area contributed by atoms with Crippen molar-refractivity contribution < 1.29 is 13.2 Å². The first kappa shape index (κ1) is 7.45. The normalized spacial score (nSPS) is 13.4. The zero-order chi connectivity index (χ0) is 8.55. The molecule has 0 N–H and O–H groups in total. The van der Waals surface area contributed by atoms with Crippen LogP contribution in [0.15, 0.2) is 33.9 Å². The average molecular weight is 182 g/mol. The van der Waals surface area contributed by atoms with Crippen LogP contribution < -0.4 is 0 Å². The van der Waals surface area contributed by atoms with Crippen LogP contribution in [0.2, 0.25) is 0 Å². The molecule has 0 amide bonds. The second-order valence-corrected chi connectivity index (χ2v) is 3.00. The first-order valence-corrected chi connectivity index (χ1v) is 4.30. The van der Waals surface area contributed by atoms with E-state index in [0.717, 1.165) is 0 Å². The molecule has 5 heteroatoms. The highest BCUT2D eigenvalue weighted by atomic mass is 32.2. The maximum atomic E-state index is 10.4. The van der Waals surface area contributed by atoms with E-state index in [2.05, 4.69) is 4.98 Å². The third-order valence-electron chi connectivity index (χ3n) is 1.42. The fourth-order valence-electron chi connectivity index (χ4n) is 0.922. The molecule has 2 aromatic rings. The van der Waals surface area contributed by atoms with Crippen molar-refractivity contribution in [3.63, 3.8) is 0 Å². The molecule has 0 radical (unpaired) electrons. The minimum absolute atomic E-state index is 0.267. The van der Waals surface area contributed by atoms with Gasteiger partial charge in [-0.3, -0.25) is 4.21 Å². The predicted molar refractivity (Wildman–Crippen MR) is 41.2 cm³/mol. The zero-order valence-corrected chi connectivity index (χ0v) is 6.71. The summed E-state index contributed by atoms with van der Waals surface area (Å²) < 4.78 is 25.7. The maximum absolute atomic E-state index is 10.4. The van der Waals surface area contributed by atoms with Crippen LogP contribution in [0, 0.1) is 0 Å². The standard InChI is InChI=1S/C7H5NO3S/c9-12(10)7-8-5-3-1-2-4-6(5)11-7/h1-4H,(H,9,10)/p-1. The Morgan fingerprint density at radius 1 is 1.42 bits per heavy atom. The number of oxazole rings is 1. The molecule has 0 aliphatic heterocycles. The smallest absolute Gasteiger partial charge is 0.274 e. The van der Waals surface area contributed by atoms with Gasteiger partial charge in [-0.1, -0.05) is 12.1 Å². The van der Waals surface area contributed by atoms with E-state index >= 15 is 0 Å². The van der Waals surface area contributed by atoms with Crippen molar-refractivity contribution in [2.45, 2.75) is 5.22 Å². The van der Waals surface area contributed by atoms with Gasteiger partial charge in [-0.15, -0.1) is 0 Å². The first-order valence-electron chi connectivity index (χ1n) is 3.22. The highest BCUT2D eigenvalue weighted by molar-refractivity contribution is 7.78. The number of benzene rings is 1. The topological polar surface area (TPSA) is 66.2 Å².